The van der Waals surface area contributed by atoms with Crippen LogP contribution in [0.15, 0.2) is 58.3 Å². The molecule has 2 aromatic heterocycles. The molecule has 0 radical (unpaired) electrons. The van der Waals surface area contributed by atoms with Gasteiger partial charge in [-0.15, -0.1) is 0 Å². The van der Waals surface area contributed by atoms with Gasteiger partial charge in [0, 0.05) is 16.2 Å². The van der Waals surface area contributed by atoms with E-state index >= 15 is 0 Å². The SMILES string of the molecule is O=S(=O)(Nc1cnn(Cc2ccc(Cl)cc2Cl)c1)c1cccc2nonc12. The molecule has 27 heavy (non-hydrogen) atoms. The summed E-state index contributed by atoms with van der Waals surface area (Å²) in [5.41, 5.74) is 1.61. The van der Waals surface area contributed by atoms with Crippen LogP contribution in [-0.2, 0) is 16.6 Å². The molecule has 0 atom stereocenters. The monoisotopic (exact) mass is 423 g/mol. The Morgan fingerprint density at radius 3 is 2.81 bits per heavy atom. The maximum Gasteiger partial charge on any atom is 0.264 e. The van der Waals surface area contributed by atoms with Crippen molar-refractivity contribution in [1.82, 2.24) is 20.1 Å². The third-order valence-electron chi connectivity index (χ3n) is 3.77. The molecule has 0 bridgehead atoms. The van der Waals surface area contributed by atoms with E-state index in [1.54, 1.807) is 41.2 Å². The fourth-order valence-corrected chi connectivity index (χ4v) is 4.18. The molecular formula is C16H11Cl2N5O3S. The van der Waals surface area contributed by atoms with Crippen molar-refractivity contribution >= 4 is 49.9 Å². The van der Waals surface area contributed by atoms with Crippen molar-refractivity contribution in [3.63, 3.8) is 0 Å². The average Bonchev–Trinajstić information content (AvgIpc) is 3.25. The zero-order valence-corrected chi connectivity index (χ0v) is 15.8. The van der Waals surface area contributed by atoms with Crippen molar-refractivity contribution < 1.29 is 13.0 Å². The van der Waals surface area contributed by atoms with Crippen LogP contribution in [0, 0.1) is 0 Å². The van der Waals surface area contributed by atoms with E-state index in [0.29, 0.717) is 27.8 Å². The van der Waals surface area contributed by atoms with Gasteiger partial charge in [0.15, 0.2) is 5.52 Å². The number of nitrogens with one attached hydrogen (secondary N) is 1. The Balaban J connectivity index is 1.57. The summed E-state index contributed by atoms with van der Waals surface area (Å²) in [4.78, 5) is -0.0326. The van der Waals surface area contributed by atoms with Gasteiger partial charge in [-0.3, -0.25) is 9.40 Å². The molecule has 138 valence electrons. The average molecular weight is 424 g/mol. The number of nitrogens with zero attached hydrogens (tertiary/aromatic N) is 4. The Hall–Kier alpha value is -2.62. The first-order chi connectivity index (χ1) is 12.9. The van der Waals surface area contributed by atoms with Crippen molar-refractivity contribution in [2.45, 2.75) is 11.4 Å². The molecule has 4 aromatic rings. The lowest BCUT2D eigenvalue weighted by molar-refractivity contribution is 0.315. The fraction of sp³-hybridized carbons (Fsp3) is 0.0625. The molecule has 1 N–H and O–H groups in total. The summed E-state index contributed by atoms with van der Waals surface area (Å²) in [6.45, 7) is 0.362. The van der Waals surface area contributed by atoms with Crippen LogP contribution in [0.4, 0.5) is 5.69 Å². The minimum atomic E-state index is -3.89. The van der Waals surface area contributed by atoms with Crippen LogP contribution in [0.1, 0.15) is 5.56 Å². The molecular weight excluding hydrogens is 413 g/mol. The van der Waals surface area contributed by atoms with Gasteiger partial charge < -0.3 is 0 Å². The Morgan fingerprint density at radius 1 is 1.15 bits per heavy atom. The maximum absolute atomic E-state index is 12.7. The summed E-state index contributed by atoms with van der Waals surface area (Å²) in [6.07, 6.45) is 2.96. The van der Waals surface area contributed by atoms with Gasteiger partial charge in [0.25, 0.3) is 10.0 Å². The van der Waals surface area contributed by atoms with Crippen molar-refractivity contribution in [2.24, 2.45) is 0 Å². The number of benzene rings is 2. The van der Waals surface area contributed by atoms with Gasteiger partial charge in [0.2, 0.25) is 0 Å². The molecule has 8 nitrogen and oxygen atoms in total. The second kappa shape index (κ2) is 6.84. The number of anilines is 1. The molecule has 2 heterocycles. The topological polar surface area (TPSA) is 103 Å². The third kappa shape index (κ3) is 3.61. The molecule has 0 amide bonds. The summed E-state index contributed by atoms with van der Waals surface area (Å²) in [5, 5.41) is 12.5. The molecule has 0 aliphatic rings. The Kier molecular flexibility index (Phi) is 4.50. The third-order valence-corrected chi connectivity index (χ3v) is 5.77. The number of rotatable bonds is 5. The summed E-state index contributed by atoms with van der Waals surface area (Å²) in [5.74, 6) is 0. The lowest BCUT2D eigenvalue weighted by Crippen LogP contribution is -2.13. The zero-order chi connectivity index (χ0) is 19.0. The number of hydrogen-bond donors (Lipinski definition) is 1. The van der Waals surface area contributed by atoms with E-state index in [1.807, 2.05) is 0 Å². The zero-order valence-electron chi connectivity index (χ0n) is 13.5. The highest BCUT2D eigenvalue weighted by Crippen LogP contribution is 2.24. The van der Waals surface area contributed by atoms with Crippen LogP contribution in [0.2, 0.25) is 10.0 Å². The van der Waals surface area contributed by atoms with E-state index < -0.39 is 10.0 Å². The van der Waals surface area contributed by atoms with Crippen LogP contribution in [0.5, 0.6) is 0 Å². The Bertz CT molecular complexity index is 1240. The fourth-order valence-electron chi connectivity index (χ4n) is 2.54. The number of hydrogen-bond acceptors (Lipinski definition) is 6. The molecule has 2 aromatic carbocycles. The first-order valence-corrected chi connectivity index (χ1v) is 9.87. The van der Waals surface area contributed by atoms with Gasteiger partial charge in [-0.25, -0.2) is 13.0 Å². The Morgan fingerprint density at radius 2 is 2.00 bits per heavy atom. The molecule has 0 saturated heterocycles. The number of halogens is 2. The highest BCUT2D eigenvalue weighted by molar-refractivity contribution is 7.93. The maximum atomic E-state index is 12.7. The smallest absolute Gasteiger partial charge is 0.264 e. The molecule has 0 unspecified atom stereocenters. The molecule has 0 saturated carbocycles. The molecule has 0 spiro atoms. The minimum absolute atomic E-state index is 0.0326. The standard InChI is InChI=1S/C16H11Cl2N5O3S/c17-11-5-4-10(13(18)6-11)8-23-9-12(7-19-23)22-27(24,25)15-3-1-2-14-16(15)21-26-20-14/h1-7,9,22H,8H2. The summed E-state index contributed by atoms with van der Waals surface area (Å²) >= 11 is 12.0. The largest absolute Gasteiger partial charge is 0.276 e. The van der Waals surface area contributed by atoms with E-state index in [1.165, 1.54) is 12.3 Å². The van der Waals surface area contributed by atoms with Gasteiger partial charge in [-0.2, -0.15) is 5.10 Å². The van der Waals surface area contributed by atoms with Gasteiger partial charge in [-0.1, -0.05) is 35.3 Å². The first kappa shape index (κ1) is 17.8. The number of aromatic nitrogens is 4. The second-order valence-corrected chi connectivity index (χ2v) is 8.15. The van der Waals surface area contributed by atoms with Crippen LogP contribution < -0.4 is 4.72 Å². The number of sulfonamides is 1. The van der Waals surface area contributed by atoms with E-state index in [2.05, 4.69) is 24.8 Å². The van der Waals surface area contributed by atoms with Crippen molar-refractivity contribution in [3.8, 4) is 0 Å². The van der Waals surface area contributed by atoms with E-state index in [-0.39, 0.29) is 10.4 Å². The molecule has 0 fully saturated rings. The molecule has 0 aliphatic heterocycles. The molecule has 11 heteroatoms. The van der Waals surface area contributed by atoms with Crippen molar-refractivity contribution in [1.29, 1.82) is 0 Å². The predicted octanol–water partition coefficient (Wildman–Crippen LogP) is 3.58. The van der Waals surface area contributed by atoms with Crippen LogP contribution in [-0.4, -0.2) is 28.5 Å². The molecule has 0 aliphatic carbocycles. The van der Waals surface area contributed by atoms with Crippen LogP contribution in [0.25, 0.3) is 11.0 Å². The van der Waals surface area contributed by atoms with Gasteiger partial charge in [-0.05, 0) is 40.1 Å². The molecule has 4 rings (SSSR count). The number of fused-ring (bicyclic) bond motifs is 1. The Labute approximate surface area is 163 Å². The van der Waals surface area contributed by atoms with Crippen molar-refractivity contribution in [2.75, 3.05) is 4.72 Å². The van der Waals surface area contributed by atoms with Crippen LogP contribution in [0.3, 0.4) is 0 Å². The quantitative estimate of drug-likeness (QED) is 0.526. The van der Waals surface area contributed by atoms with E-state index in [9.17, 15) is 8.42 Å². The normalized spacial score (nSPS) is 11.8. The highest BCUT2D eigenvalue weighted by atomic mass is 35.5. The predicted molar refractivity (Wildman–Crippen MR) is 100 cm³/mol. The summed E-state index contributed by atoms with van der Waals surface area (Å²) < 4.78 is 34.0. The van der Waals surface area contributed by atoms with Crippen molar-refractivity contribution in [3.05, 3.63) is 64.4 Å². The van der Waals surface area contributed by atoms with Crippen LogP contribution >= 0.6 is 23.2 Å². The van der Waals surface area contributed by atoms with Gasteiger partial charge in [0.1, 0.15) is 10.4 Å². The lowest BCUT2D eigenvalue weighted by Gasteiger charge is -2.06. The second-order valence-electron chi connectivity index (χ2n) is 5.66. The highest BCUT2D eigenvalue weighted by Gasteiger charge is 2.21. The van der Waals surface area contributed by atoms with E-state index in [4.69, 9.17) is 23.2 Å². The first-order valence-electron chi connectivity index (χ1n) is 7.63. The minimum Gasteiger partial charge on any atom is -0.276 e. The summed E-state index contributed by atoms with van der Waals surface area (Å²) in [7, 11) is -3.89. The lowest BCUT2D eigenvalue weighted by atomic mass is 10.2. The van der Waals surface area contributed by atoms with Gasteiger partial charge in [0.05, 0.1) is 18.4 Å². The van der Waals surface area contributed by atoms with E-state index in [0.717, 1.165) is 5.56 Å². The summed E-state index contributed by atoms with van der Waals surface area (Å²) in [6, 6.07) is 9.74. The van der Waals surface area contributed by atoms with Gasteiger partial charge >= 0.3 is 0 Å².